The SMILES string of the molecule is C=Nc1c(C#N)cc(N[C@H](C2=CN(C3(C(F)(F)F)CC3)NN2)c2ccc(C#N)c3ncccc23)cc1/C(NCC(C)(C)C)=C(\C)C#N. The predicted octanol–water partition coefficient (Wildman–Crippen LogP) is 6.61. The van der Waals surface area contributed by atoms with Crippen LogP contribution in [0.25, 0.3) is 16.6 Å². The van der Waals surface area contributed by atoms with Crippen LogP contribution in [0.3, 0.4) is 0 Å². The Morgan fingerprint density at radius 2 is 1.85 bits per heavy atom. The Labute approximate surface area is 270 Å². The second-order valence-corrected chi connectivity index (χ2v) is 12.7. The molecule has 4 N–H and O–H groups in total. The van der Waals surface area contributed by atoms with Gasteiger partial charge in [-0.15, -0.1) is 5.53 Å². The first-order valence-electron chi connectivity index (χ1n) is 14.8. The Bertz CT molecular complexity index is 1930. The van der Waals surface area contributed by atoms with Gasteiger partial charge in [0.25, 0.3) is 0 Å². The molecule has 47 heavy (non-hydrogen) atoms. The number of benzene rings is 2. The van der Waals surface area contributed by atoms with Crippen molar-refractivity contribution >= 4 is 34.7 Å². The summed E-state index contributed by atoms with van der Waals surface area (Å²) in [6, 6.07) is 15.8. The Hall–Kier alpha value is -5.58. The average molecular weight is 639 g/mol. The standard InChI is InChI=1S/C34H33F3N10/c1-20(15-38)28(43-19-32(2,3)4)26-14-23(13-22(17-40)29(26)41-5)44-31(25-9-8-21(16-39)30-24(25)7-6-12-42-30)27-18-47(46-45-27)33(10-11-33)34(35,36)37/h6-9,12-14,18,31,43-46H,5,10-11,19H2,1-4H3/b28-20-/t31-/m0/s1. The van der Waals surface area contributed by atoms with Crippen molar-refractivity contribution in [3.8, 4) is 18.2 Å². The molecule has 0 bridgehead atoms. The van der Waals surface area contributed by atoms with Crippen molar-refractivity contribution in [3.63, 3.8) is 0 Å². The number of nitrogens with zero attached hydrogens (tertiary/aromatic N) is 6. The van der Waals surface area contributed by atoms with Gasteiger partial charge in [0.15, 0.2) is 5.54 Å². The molecule has 0 amide bonds. The van der Waals surface area contributed by atoms with E-state index in [1.165, 1.54) is 6.20 Å². The number of halogens is 3. The lowest BCUT2D eigenvalue weighted by Crippen LogP contribution is -2.52. The highest BCUT2D eigenvalue weighted by Gasteiger charge is 2.67. The summed E-state index contributed by atoms with van der Waals surface area (Å²) >= 11 is 0. The predicted molar refractivity (Wildman–Crippen MR) is 173 cm³/mol. The first kappa shape index (κ1) is 32.8. The monoisotopic (exact) mass is 638 g/mol. The van der Waals surface area contributed by atoms with E-state index in [4.69, 9.17) is 0 Å². The van der Waals surface area contributed by atoms with Gasteiger partial charge >= 0.3 is 6.18 Å². The van der Waals surface area contributed by atoms with Gasteiger partial charge in [0.2, 0.25) is 0 Å². The summed E-state index contributed by atoms with van der Waals surface area (Å²) in [5.41, 5.74) is 7.33. The van der Waals surface area contributed by atoms with Gasteiger partial charge < -0.3 is 16.1 Å². The summed E-state index contributed by atoms with van der Waals surface area (Å²) in [5.74, 6) is 0. The fourth-order valence-electron chi connectivity index (χ4n) is 5.51. The van der Waals surface area contributed by atoms with Gasteiger partial charge in [-0.25, -0.2) is 0 Å². The fraction of sp³-hybridized carbons (Fsp3) is 0.324. The van der Waals surface area contributed by atoms with Gasteiger partial charge in [0.05, 0.1) is 51.4 Å². The molecule has 0 spiro atoms. The number of hydrogen-bond acceptors (Lipinski definition) is 10. The molecular weight excluding hydrogens is 605 g/mol. The molecule has 10 nitrogen and oxygen atoms in total. The van der Waals surface area contributed by atoms with E-state index in [-0.39, 0.29) is 29.5 Å². The van der Waals surface area contributed by atoms with Crippen LogP contribution < -0.4 is 21.6 Å². The van der Waals surface area contributed by atoms with Gasteiger partial charge in [-0.3, -0.25) is 15.0 Å². The maximum Gasteiger partial charge on any atom is 0.413 e. The highest BCUT2D eigenvalue weighted by atomic mass is 19.4. The Morgan fingerprint density at radius 3 is 2.45 bits per heavy atom. The fourth-order valence-corrected chi connectivity index (χ4v) is 5.51. The largest absolute Gasteiger partial charge is 0.413 e. The van der Waals surface area contributed by atoms with E-state index in [1.54, 1.807) is 49.5 Å². The number of alkyl halides is 3. The second-order valence-electron chi connectivity index (χ2n) is 12.7. The van der Waals surface area contributed by atoms with E-state index in [2.05, 4.69) is 56.5 Å². The minimum atomic E-state index is -4.47. The molecule has 1 aliphatic carbocycles. The maximum absolute atomic E-state index is 14.1. The lowest BCUT2D eigenvalue weighted by molar-refractivity contribution is -0.195. The van der Waals surface area contributed by atoms with Crippen LogP contribution in [-0.4, -0.2) is 35.0 Å². The van der Waals surface area contributed by atoms with Crippen LogP contribution in [0.1, 0.15) is 68.8 Å². The van der Waals surface area contributed by atoms with Crippen molar-refractivity contribution in [2.75, 3.05) is 11.9 Å². The van der Waals surface area contributed by atoms with Crippen LogP contribution in [0.15, 0.2) is 65.1 Å². The molecule has 1 atom stereocenters. The molecule has 1 fully saturated rings. The Balaban J connectivity index is 1.69. The molecule has 1 aromatic heterocycles. The van der Waals surface area contributed by atoms with Crippen LogP contribution in [0.4, 0.5) is 24.5 Å². The number of hydrogen-bond donors (Lipinski definition) is 4. The maximum atomic E-state index is 14.1. The van der Waals surface area contributed by atoms with Gasteiger partial charge in [-0.05, 0) is 61.7 Å². The van der Waals surface area contributed by atoms with Crippen molar-refractivity contribution in [2.45, 2.75) is 58.3 Å². The van der Waals surface area contributed by atoms with Gasteiger partial charge in [0.1, 0.15) is 12.1 Å². The third-order valence-corrected chi connectivity index (χ3v) is 8.15. The molecule has 3 aromatic rings. The number of pyridine rings is 1. The van der Waals surface area contributed by atoms with Crippen LogP contribution in [0.5, 0.6) is 0 Å². The molecule has 2 heterocycles. The third kappa shape index (κ3) is 6.29. The number of rotatable bonds is 9. The number of hydrazine groups is 2. The topological polar surface area (TPSA) is 148 Å². The summed E-state index contributed by atoms with van der Waals surface area (Å²) in [6.45, 7) is 11.9. The summed E-state index contributed by atoms with van der Waals surface area (Å²) in [7, 11) is 0. The average Bonchev–Trinajstić information content (AvgIpc) is 3.73. The molecule has 13 heteroatoms. The highest BCUT2D eigenvalue weighted by molar-refractivity contribution is 5.89. The van der Waals surface area contributed by atoms with Crippen molar-refractivity contribution < 1.29 is 13.2 Å². The third-order valence-electron chi connectivity index (χ3n) is 8.15. The minimum Gasteiger partial charge on any atom is -0.383 e. The van der Waals surface area contributed by atoms with E-state index in [1.807, 2.05) is 20.8 Å². The van der Waals surface area contributed by atoms with E-state index in [0.717, 1.165) is 5.01 Å². The summed E-state index contributed by atoms with van der Waals surface area (Å²) in [4.78, 5) is 8.55. The molecule has 240 valence electrons. The number of anilines is 1. The second kappa shape index (κ2) is 12.3. The summed E-state index contributed by atoms with van der Waals surface area (Å²) in [5, 5.41) is 38.2. The highest BCUT2D eigenvalue weighted by Crippen LogP contribution is 2.54. The number of nitrogens with one attached hydrogen (secondary N) is 4. The summed E-state index contributed by atoms with van der Waals surface area (Å²) < 4.78 is 42.2. The van der Waals surface area contributed by atoms with Gasteiger partial charge in [-0.2, -0.15) is 29.0 Å². The molecule has 5 rings (SSSR count). The molecule has 2 aliphatic rings. The van der Waals surface area contributed by atoms with Crippen LogP contribution in [0, 0.1) is 39.4 Å². The van der Waals surface area contributed by atoms with Gasteiger partial charge in [-0.1, -0.05) is 32.9 Å². The van der Waals surface area contributed by atoms with E-state index in [9.17, 15) is 29.0 Å². The molecule has 0 radical (unpaired) electrons. The molecule has 0 unspecified atom stereocenters. The van der Waals surface area contributed by atoms with E-state index in [0.29, 0.717) is 56.8 Å². The zero-order valence-corrected chi connectivity index (χ0v) is 26.3. The van der Waals surface area contributed by atoms with Crippen LogP contribution >= 0.6 is 0 Å². The van der Waals surface area contributed by atoms with Gasteiger partial charge in [0, 0.05) is 35.6 Å². The van der Waals surface area contributed by atoms with Crippen molar-refractivity contribution in [1.82, 2.24) is 26.3 Å². The zero-order valence-electron chi connectivity index (χ0n) is 26.3. The molecule has 1 aliphatic heterocycles. The van der Waals surface area contributed by atoms with Crippen molar-refractivity contribution in [3.05, 3.63) is 82.3 Å². The Kier molecular flexibility index (Phi) is 8.59. The molecule has 2 aromatic carbocycles. The zero-order chi connectivity index (χ0) is 34.1. The number of nitriles is 3. The van der Waals surface area contributed by atoms with Crippen LogP contribution in [0.2, 0.25) is 0 Å². The number of allylic oxidation sites excluding steroid dienone is 1. The quantitative estimate of drug-likeness (QED) is 0.150. The Morgan fingerprint density at radius 1 is 1.13 bits per heavy atom. The summed E-state index contributed by atoms with van der Waals surface area (Å²) in [6.07, 6.45) is -1.63. The number of aromatic nitrogens is 1. The molecule has 1 saturated carbocycles. The lowest BCUT2D eigenvalue weighted by Gasteiger charge is -2.28. The first-order chi connectivity index (χ1) is 22.3. The molecule has 0 saturated heterocycles. The lowest BCUT2D eigenvalue weighted by atomic mass is 9.94. The first-order valence-corrected chi connectivity index (χ1v) is 14.8. The van der Waals surface area contributed by atoms with E-state index < -0.39 is 17.8 Å². The van der Waals surface area contributed by atoms with Crippen LogP contribution in [-0.2, 0) is 0 Å². The smallest absolute Gasteiger partial charge is 0.383 e. The molecular formula is C34H33F3N10. The van der Waals surface area contributed by atoms with Crippen molar-refractivity contribution in [2.24, 2.45) is 10.4 Å². The van der Waals surface area contributed by atoms with E-state index >= 15 is 0 Å². The number of fused-ring (bicyclic) bond motifs is 1. The van der Waals surface area contributed by atoms with Crippen molar-refractivity contribution in [1.29, 1.82) is 15.8 Å². The normalized spacial score (nSPS) is 16.5. The minimum absolute atomic E-state index is 0.0589. The number of aliphatic imine (C=N–C) groups is 1.